The number of carbonyl (C=O) groups excluding carboxylic acids is 1. The Morgan fingerprint density at radius 1 is 1.40 bits per heavy atom. The number of nitrogens with zero attached hydrogens (tertiary/aromatic N) is 1. The van der Waals surface area contributed by atoms with E-state index in [9.17, 15) is 4.79 Å². The standard InChI is InChI=1S/C15H24BrN3O/c1-10(2)12(8-9-17)4-7-15(20)19-14-6-5-13(16)11(3)18-14/h5-6,10,12H,4,7-9,17H2,1-3H3,(H,18,19,20). The number of aryl methyl sites for hydroxylation is 1. The fourth-order valence-electron chi connectivity index (χ4n) is 2.16. The molecular formula is C15H24BrN3O. The predicted molar refractivity (Wildman–Crippen MR) is 86.5 cm³/mol. The van der Waals surface area contributed by atoms with Crippen LogP contribution in [-0.2, 0) is 4.79 Å². The summed E-state index contributed by atoms with van der Waals surface area (Å²) in [5, 5.41) is 2.84. The van der Waals surface area contributed by atoms with Gasteiger partial charge in [0.15, 0.2) is 0 Å². The van der Waals surface area contributed by atoms with Crippen LogP contribution in [0.5, 0.6) is 0 Å². The largest absolute Gasteiger partial charge is 0.330 e. The molecule has 1 unspecified atom stereocenters. The van der Waals surface area contributed by atoms with E-state index in [0.717, 1.165) is 23.0 Å². The van der Waals surface area contributed by atoms with E-state index in [2.05, 4.69) is 40.1 Å². The second-order valence-electron chi connectivity index (χ2n) is 5.43. The Hall–Kier alpha value is -0.940. The summed E-state index contributed by atoms with van der Waals surface area (Å²) >= 11 is 3.39. The predicted octanol–water partition coefficient (Wildman–Crippen LogP) is 3.49. The van der Waals surface area contributed by atoms with Crippen LogP contribution >= 0.6 is 15.9 Å². The first-order valence-electron chi connectivity index (χ1n) is 7.07. The zero-order chi connectivity index (χ0) is 15.1. The number of carbonyl (C=O) groups is 1. The van der Waals surface area contributed by atoms with Crippen LogP contribution in [0.1, 0.15) is 38.8 Å². The molecule has 1 amide bonds. The zero-order valence-electron chi connectivity index (χ0n) is 12.4. The molecule has 0 saturated carbocycles. The summed E-state index contributed by atoms with van der Waals surface area (Å²) in [4.78, 5) is 16.3. The van der Waals surface area contributed by atoms with Crippen molar-refractivity contribution < 1.29 is 4.79 Å². The van der Waals surface area contributed by atoms with Crippen LogP contribution in [0.3, 0.4) is 0 Å². The maximum absolute atomic E-state index is 11.9. The van der Waals surface area contributed by atoms with E-state index >= 15 is 0 Å². The Bertz CT molecular complexity index is 449. The van der Waals surface area contributed by atoms with Crippen LogP contribution in [-0.4, -0.2) is 17.4 Å². The van der Waals surface area contributed by atoms with Gasteiger partial charge in [0.2, 0.25) is 5.91 Å². The minimum Gasteiger partial charge on any atom is -0.330 e. The van der Waals surface area contributed by atoms with Crippen molar-refractivity contribution in [2.24, 2.45) is 17.6 Å². The number of nitrogens with one attached hydrogen (secondary N) is 1. The lowest BCUT2D eigenvalue weighted by Gasteiger charge is -2.19. The van der Waals surface area contributed by atoms with Gasteiger partial charge in [0.25, 0.3) is 0 Å². The van der Waals surface area contributed by atoms with Crippen molar-refractivity contribution >= 4 is 27.7 Å². The van der Waals surface area contributed by atoms with Gasteiger partial charge >= 0.3 is 0 Å². The molecule has 0 bridgehead atoms. The molecule has 0 fully saturated rings. The number of halogens is 1. The van der Waals surface area contributed by atoms with Gasteiger partial charge in [-0.05, 0) is 66.2 Å². The van der Waals surface area contributed by atoms with Gasteiger partial charge in [-0.3, -0.25) is 4.79 Å². The maximum Gasteiger partial charge on any atom is 0.225 e. The van der Waals surface area contributed by atoms with Crippen molar-refractivity contribution in [3.8, 4) is 0 Å². The molecule has 0 aliphatic carbocycles. The van der Waals surface area contributed by atoms with Crippen molar-refractivity contribution in [1.82, 2.24) is 4.98 Å². The van der Waals surface area contributed by atoms with E-state index in [1.165, 1.54) is 0 Å². The van der Waals surface area contributed by atoms with E-state index in [1.54, 1.807) is 6.07 Å². The summed E-state index contributed by atoms with van der Waals surface area (Å²) in [5.41, 5.74) is 6.48. The lowest BCUT2D eigenvalue weighted by Crippen LogP contribution is -2.18. The summed E-state index contributed by atoms with van der Waals surface area (Å²) in [6.07, 6.45) is 2.36. The number of nitrogens with two attached hydrogens (primary N) is 1. The number of hydrogen-bond donors (Lipinski definition) is 2. The summed E-state index contributed by atoms with van der Waals surface area (Å²) < 4.78 is 0.943. The second-order valence-corrected chi connectivity index (χ2v) is 6.29. The first-order chi connectivity index (χ1) is 9.43. The topological polar surface area (TPSA) is 68.0 Å². The average Bonchev–Trinajstić information content (AvgIpc) is 2.38. The van der Waals surface area contributed by atoms with E-state index < -0.39 is 0 Å². The Morgan fingerprint density at radius 2 is 2.10 bits per heavy atom. The second kappa shape index (κ2) is 8.37. The molecule has 0 aliphatic heterocycles. The van der Waals surface area contributed by atoms with Crippen molar-refractivity contribution in [3.05, 3.63) is 22.3 Å². The number of rotatable bonds is 7. The normalized spacial score (nSPS) is 12.5. The van der Waals surface area contributed by atoms with Crippen LogP contribution in [0.2, 0.25) is 0 Å². The highest BCUT2D eigenvalue weighted by atomic mass is 79.9. The molecule has 1 rings (SSSR count). The summed E-state index contributed by atoms with van der Waals surface area (Å²) in [7, 11) is 0. The Balaban J connectivity index is 2.48. The highest BCUT2D eigenvalue weighted by Crippen LogP contribution is 2.21. The Kier molecular flexibility index (Phi) is 7.16. The van der Waals surface area contributed by atoms with E-state index in [4.69, 9.17) is 5.73 Å². The molecule has 4 nitrogen and oxygen atoms in total. The number of anilines is 1. The molecule has 20 heavy (non-hydrogen) atoms. The van der Waals surface area contributed by atoms with Crippen LogP contribution in [0.4, 0.5) is 5.82 Å². The minimum atomic E-state index is 0.0156. The number of pyridine rings is 1. The quantitative estimate of drug-likeness (QED) is 0.797. The molecule has 0 saturated heterocycles. The van der Waals surface area contributed by atoms with Gasteiger partial charge in [-0.1, -0.05) is 13.8 Å². The lowest BCUT2D eigenvalue weighted by atomic mass is 9.88. The number of hydrogen-bond acceptors (Lipinski definition) is 3. The molecule has 5 heteroatoms. The van der Waals surface area contributed by atoms with Crippen LogP contribution in [0.25, 0.3) is 0 Å². The number of amides is 1. The molecule has 1 heterocycles. The van der Waals surface area contributed by atoms with Gasteiger partial charge in [-0.2, -0.15) is 0 Å². The first kappa shape index (κ1) is 17.1. The van der Waals surface area contributed by atoms with Crippen LogP contribution in [0, 0.1) is 18.8 Å². The van der Waals surface area contributed by atoms with Gasteiger partial charge in [-0.15, -0.1) is 0 Å². The molecular weight excluding hydrogens is 318 g/mol. The SMILES string of the molecule is Cc1nc(NC(=O)CCC(CCN)C(C)C)ccc1Br. The molecule has 0 aliphatic rings. The fraction of sp³-hybridized carbons (Fsp3) is 0.600. The third kappa shape index (κ3) is 5.59. The molecule has 1 atom stereocenters. The van der Waals surface area contributed by atoms with Crippen molar-refractivity contribution in [2.45, 2.75) is 40.0 Å². The van der Waals surface area contributed by atoms with Gasteiger partial charge in [-0.25, -0.2) is 4.98 Å². The fourth-order valence-corrected chi connectivity index (χ4v) is 2.38. The Labute approximate surface area is 129 Å². The first-order valence-corrected chi connectivity index (χ1v) is 7.86. The average molecular weight is 342 g/mol. The molecule has 0 aromatic carbocycles. The summed E-state index contributed by atoms with van der Waals surface area (Å²) in [6, 6.07) is 3.69. The van der Waals surface area contributed by atoms with Crippen molar-refractivity contribution in [3.63, 3.8) is 0 Å². The van der Waals surface area contributed by atoms with Gasteiger partial charge in [0, 0.05) is 10.9 Å². The Morgan fingerprint density at radius 3 is 2.65 bits per heavy atom. The molecule has 1 aromatic rings. The third-order valence-corrected chi connectivity index (χ3v) is 4.35. The van der Waals surface area contributed by atoms with E-state index in [-0.39, 0.29) is 5.91 Å². The van der Waals surface area contributed by atoms with E-state index in [0.29, 0.717) is 30.6 Å². The molecule has 0 radical (unpaired) electrons. The molecule has 0 spiro atoms. The third-order valence-electron chi connectivity index (χ3n) is 3.51. The zero-order valence-corrected chi connectivity index (χ0v) is 14.0. The van der Waals surface area contributed by atoms with E-state index in [1.807, 2.05) is 13.0 Å². The van der Waals surface area contributed by atoms with Gasteiger partial charge in [0.05, 0.1) is 5.69 Å². The van der Waals surface area contributed by atoms with Gasteiger partial charge in [0.1, 0.15) is 5.82 Å². The highest BCUT2D eigenvalue weighted by molar-refractivity contribution is 9.10. The summed E-state index contributed by atoms with van der Waals surface area (Å²) in [6.45, 7) is 6.93. The van der Waals surface area contributed by atoms with Crippen LogP contribution < -0.4 is 11.1 Å². The molecule has 1 aromatic heterocycles. The van der Waals surface area contributed by atoms with Gasteiger partial charge < -0.3 is 11.1 Å². The van der Waals surface area contributed by atoms with Crippen LogP contribution in [0.15, 0.2) is 16.6 Å². The molecule has 112 valence electrons. The van der Waals surface area contributed by atoms with Crippen molar-refractivity contribution in [1.29, 1.82) is 0 Å². The monoisotopic (exact) mass is 341 g/mol. The smallest absolute Gasteiger partial charge is 0.225 e. The summed E-state index contributed by atoms with van der Waals surface area (Å²) in [5.74, 6) is 1.68. The van der Waals surface area contributed by atoms with Crippen molar-refractivity contribution in [2.75, 3.05) is 11.9 Å². The lowest BCUT2D eigenvalue weighted by molar-refractivity contribution is -0.116. The molecule has 3 N–H and O–H groups in total. The highest BCUT2D eigenvalue weighted by Gasteiger charge is 2.14. The maximum atomic E-state index is 11.9. The number of aromatic nitrogens is 1. The minimum absolute atomic E-state index is 0.0156.